The van der Waals surface area contributed by atoms with Crippen molar-refractivity contribution in [1.29, 1.82) is 5.41 Å². The molecule has 110 valence electrons. The molecule has 1 aliphatic carbocycles. The maximum absolute atomic E-state index is 14.1. The van der Waals surface area contributed by atoms with Gasteiger partial charge in [-0.25, -0.2) is 4.39 Å². The first-order valence-corrected chi connectivity index (χ1v) is 7.34. The highest BCUT2D eigenvalue weighted by atomic mass is 19.1. The van der Waals surface area contributed by atoms with E-state index >= 15 is 0 Å². The Morgan fingerprint density at radius 1 is 1.45 bits per heavy atom. The predicted molar refractivity (Wildman–Crippen MR) is 80.3 cm³/mol. The number of benzene rings is 1. The van der Waals surface area contributed by atoms with Gasteiger partial charge >= 0.3 is 0 Å². The van der Waals surface area contributed by atoms with E-state index in [1.54, 1.807) is 12.1 Å². The van der Waals surface area contributed by atoms with Crippen LogP contribution in [0.1, 0.15) is 44.2 Å². The summed E-state index contributed by atoms with van der Waals surface area (Å²) < 4.78 is 14.1. The van der Waals surface area contributed by atoms with Gasteiger partial charge in [0.25, 0.3) is 0 Å². The number of nitrogens with two attached hydrogens (primary N) is 1. The summed E-state index contributed by atoms with van der Waals surface area (Å²) >= 11 is 0. The fourth-order valence-electron chi connectivity index (χ4n) is 2.32. The molecule has 0 unspecified atom stereocenters. The number of halogens is 1. The summed E-state index contributed by atoms with van der Waals surface area (Å²) in [5.74, 6) is 0.323. The minimum Gasteiger partial charge on any atom is -0.384 e. The summed E-state index contributed by atoms with van der Waals surface area (Å²) in [7, 11) is 0. The van der Waals surface area contributed by atoms with Gasteiger partial charge in [0, 0.05) is 23.7 Å². The first-order valence-electron chi connectivity index (χ1n) is 7.34. The standard InChI is InChI=1S/C16H24FN3/c1-11(2)7-8-20(14-5-6-14)10-13-4-3-12(16(18)19)9-15(13)17/h3-4,9,11,14H,5-8,10H2,1-2H3,(H3,18,19). The molecule has 1 aromatic rings. The molecular weight excluding hydrogens is 253 g/mol. The number of amidine groups is 1. The Morgan fingerprint density at radius 3 is 2.65 bits per heavy atom. The zero-order chi connectivity index (χ0) is 14.7. The fraction of sp³-hybridized carbons (Fsp3) is 0.562. The Balaban J connectivity index is 2.04. The average molecular weight is 277 g/mol. The van der Waals surface area contributed by atoms with Crippen LogP contribution >= 0.6 is 0 Å². The van der Waals surface area contributed by atoms with Crippen molar-refractivity contribution in [2.75, 3.05) is 6.54 Å². The lowest BCUT2D eigenvalue weighted by Crippen LogP contribution is -2.28. The van der Waals surface area contributed by atoms with E-state index in [9.17, 15) is 4.39 Å². The van der Waals surface area contributed by atoms with Crippen LogP contribution in [0.3, 0.4) is 0 Å². The number of hydrogen-bond donors (Lipinski definition) is 2. The summed E-state index contributed by atoms with van der Waals surface area (Å²) in [5.41, 5.74) is 6.53. The van der Waals surface area contributed by atoms with Gasteiger partial charge in [0.05, 0.1) is 0 Å². The third-order valence-electron chi connectivity index (χ3n) is 3.79. The van der Waals surface area contributed by atoms with Crippen molar-refractivity contribution in [3.05, 3.63) is 35.1 Å². The van der Waals surface area contributed by atoms with Crippen LogP contribution in [0.5, 0.6) is 0 Å². The molecule has 0 saturated heterocycles. The maximum Gasteiger partial charge on any atom is 0.128 e. The number of hydrogen-bond acceptors (Lipinski definition) is 2. The third-order valence-corrected chi connectivity index (χ3v) is 3.79. The van der Waals surface area contributed by atoms with Crippen molar-refractivity contribution >= 4 is 5.84 Å². The Kier molecular flexibility index (Phi) is 4.76. The second-order valence-corrected chi connectivity index (χ2v) is 6.10. The van der Waals surface area contributed by atoms with Crippen LogP contribution in [0.25, 0.3) is 0 Å². The predicted octanol–water partition coefficient (Wildman–Crippen LogP) is 3.12. The Bertz CT molecular complexity index is 481. The minimum atomic E-state index is -0.257. The smallest absolute Gasteiger partial charge is 0.128 e. The second kappa shape index (κ2) is 6.35. The Labute approximate surface area is 120 Å². The molecule has 0 bridgehead atoms. The maximum atomic E-state index is 14.1. The van der Waals surface area contributed by atoms with Crippen LogP contribution in [0.15, 0.2) is 18.2 Å². The lowest BCUT2D eigenvalue weighted by atomic mass is 10.1. The van der Waals surface area contributed by atoms with E-state index in [0.29, 0.717) is 29.6 Å². The molecular formula is C16H24FN3. The van der Waals surface area contributed by atoms with Crippen molar-refractivity contribution in [3.63, 3.8) is 0 Å². The first kappa shape index (κ1) is 15.0. The lowest BCUT2D eigenvalue weighted by Gasteiger charge is -2.23. The molecule has 1 saturated carbocycles. The van der Waals surface area contributed by atoms with Gasteiger partial charge in [-0.15, -0.1) is 0 Å². The van der Waals surface area contributed by atoms with Gasteiger partial charge in [-0.05, 0) is 37.8 Å². The quantitative estimate of drug-likeness (QED) is 0.594. The molecule has 1 aliphatic rings. The monoisotopic (exact) mass is 277 g/mol. The molecule has 4 heteroatoms. The van der Waals surface area contributed by atoms with E-state index in [1.165, 1.54) is 18.9 Å². The van der Waals surface area contributed by atoms with E-state index < -0.39 is 0 Å². The molecule has 2 rings (SSSR count). The van der Waals surface area contributed by atoms with E-state index in [-0.39, 0.29) is 11.7 Å². The fourth-order valence-corrected chi connectivity index (χ4v) is 2.32. The summed E-state index contributed by atoms with van der Waals surface area (Å²) in [6.45, 7) is 6.11. The van der Waals surface area contributed by atoms with E-state index in [1.807, 2.05) is 0 Å². The average Bonchev–Trinajstić information content (AvgIpc) is 3.19. The molecule has 0 atom stereocenters. The van der Waals surface area contributed by atoms with Gasteiger partial charge in [0.15, 0.2) is 0 Å². The van der Waals surface area contributed by atoms with Crippen LogP contribution in [0.4, 0.5) is 4.39 Å². The van der Waals surface area contributed by atoms with Crippen LogP contribution in [0, 0.1) is 17.1 Å². The Hall–Kier alpha value is -1.42. The van der Waals surface area contributed by atoms with Crippen molar-refractivity contribution in [2.45, 2.75) is 45.7 Å². The van der Waals surface area contributed by atoms with Crippen molar-refractivity contribution in [2.24, 2.45) is 11.7 Å². The van der Waals surface area contributed by atoms with Gasteiger partial charge in [0.2, 0.25) is 0 Å². The van der Waals surface area contributed by atoms with Crippen molar-refractivity contribution in [1.82, 2.24) is 4.90 Å². The molecule has 3 N–H and O–H groups in total. The SMILES string of the molecule is CC(C)CCN(Cc1ccc(C(=N)N)cc1F)C1CC1. The number of rotatable bonds is 7. The minimum absolute atomic E-state index is 0.0886. The first-order chi connectivity index (χ1) is 9.47. The zero-order valence-corrected chi connectivity index (χ0v) is 12.3. The molecule has 0 radical (unpaired) electrons. The largest absolute Gasteiger partial charge is 0.384 e. The molecule has 0 aliphatic heterocycles. The summed E-state index contributed by atoms with van der Waals surface area (Å²) in [4.78, 5) is 2.38. The van der Waals surface area contributed by atoms with Gasteiger partial charge in [-0.2, -0.15) is 0 Å². The molecule has 1 aromatic carbocycles. The van der Waals surface area contributed by atoms with Gasteiger partial charge in [-0.3, -0.25) is 10.3 Å². The topological polar surface area (TPSA) is 53.1 Å². The van der Waals surface area contributed by atoms with Crippen molar-refractivity contribution < 1.29 is 4.39 Å². The summed E-state index contributed by atoms with van der Waals surface area (Å²) in [5, 5.41) is 7.34. The molecule has 20 heavy (non-hydrogen) atoms. The highest BCUT2D eigenvalue weighted by molar-refractivity contribution is 5.94. The van der Waals surface area contributed by atoms with Gasteiger partial charge in [0.1, 0.15) is 11.7 Å². The molecule has 1 fully saturated rings. The van der Waals surface area contributed by atoms with Gasteiger partial charge < -0.3 is 5.73 Å². The van der Waals surface area contributed by atoms with Crippen LogP contribution in [0.2, 0.25) is 0 Å². The molecule has 0 heterocycles. The molecule has 0 spiro atoms. The molecule has 0 amide bonds. The highest BCUT2D eigenvalue weighted by Gasteiger charge is 2.29. The summed E-state index contributed by atoms with van der Waals surface area (Å²) in [6, 6.07) is 5.48. The number of nitrogens with one attached hydrogen (secondary N) is 1. The van der Waals surface area contributed by atoms with E-state index in [4.69, 9.17) is 11.1 Å². The molecule has 3 nitrogen and oxygen atoms in total. The van der Waals surface area contributed by atoms with E-state index in [0.717, 1.165) is 13.0 Å². The summed E-state index contributed by atoms with van der Waals surface area (Å²) in [6.07, 6.45) is 3.60. The molecule has 0 aromatic heterocycles. The zero-order valence-electron chi connectivity index (χ0n) is 12.3. The normalized spacial score (nSPS) is 15.1. The second-order valence-electron chi connectivity index (χ2n) is 6.10. The van der Waals surface area contributed by atoms with E-state index in [2.05, 4.69) is 18.7 Å². The number of nitrogens with zero attached hydrogens (tertiary/aromatic N) is 1. The lowest BCUT2D eigenvalue weighted by molar-refractivity contribution is 0.236. The Morgan fingerprint density at radius 2 is 2.15 bits per heavy atom. The van der Waals surface area contributed by atoms with Crippen LogP contribution in [-0.2, 0) is 6.54 Å². The van der Waals surface area contributed by atoms with Gasteiger partial charge in [-0.1, -0.05) is 26.0 Å². The van der Waals surface area contributed by atoms with Crippen LogP contribution < -0.4 is 5.73 Å². The van der Waals surface area contributed by atoms with Crippen LogP contribution in [-0.4, -0.2) is 23.3 Å². The third kappa shape index (κ3) is 4.04. The highest BCUT2D eigenvalue weighted by Crippen LogP contribution is 2.29. The van der Waals surface area contributed by atoms with Crippen molar-refractivity contribution in [3.8, 4) is 0 Å². The number of nitrogen functional groups attached to an aromatic ring is 1.